The van der Waals surface area contributed by atoms with E-state index in [0.29, 0.717) is 25.2 Å². The van der Waals surface area contributed by atoms with Gasteiger partial charge in [0.1, 0.15) is 6.04 Å². The Morgan fingerprint density at radius 1 is 1.33 bits per heavy atom. The van der Waals surface area contributed by atoms with Crippen molar-refractivity contribution in [3.63, 3.8) is 0 Å². The van der Waals surface area contributed by atoms with E-state index in [9.17, 15) is 9.59 Å². The first-order chi connectivity index (χ1) is 10.1. The third-order valence-electron chi connectivity index (χ3n) is 2.86. The Morgan fingerprint density at radius 2 is 2.05 bits per heavy atom. The van der Waals surface area contributed by atoms with Gasteiger partial charge < -0.3 is 15.2 Å². The Kier molecular flexibility index (Phi) is 8.54. The Balaban J connectivity index is 2.35. The number of carbonyl (C=O) groups excluding carboxylic acids is 1. The second kappa shape index (κ2) is 10.2. The molecule has 0 bridgehead atoms. The van der Waals surface area contributed by atoms with Gasteiger partial charge in [0.15, 0.2) is 0 Å². The van der Waals surface area contributed by atoms with E-state index in [1.165, 1.54) is 11.8 Å². The van der Waals surface area contributed by atoms with Crippen LogP contribution in [0, 0.1) is 0 Å². The fourth-order valence-electron chi connectivity index (χ4n) is 1.76. The monoisotopic (exact) mass is 311 g/mol. The fraction of sp³-hybridized carbons (Fsp3) is 0.467. The van der Waals surface area contributed by atoms with Gasteiger partial charge in [-0.2, -0.15) is 0 Å². The molecule has 0 fully saturated rings. The van der Waals surface area contributed by atoms with Gasteiger partial charge in [-0.1, -0.05) is 30.3 Å². The SMILES string of the molecule is COCCSCC(=O)NC(CCc1ccccc1)C(=O)O. The molecule has 2 N–H and O–H groups in total. The number of amides is 1. The summed E-state index contributed by atoms with van der Waals surface area (Å²) in [5, 5.41) is 11.7. The normalized spacial score (nSPS) is 11.9. The maximum atomic E-state index is 11.7. The van der Waals surface area contributed by atoms with Crippen molar-refractivity contribution in [1.29, 1.82) is 0 Å². The van der Waals surface area contributed by atoms with Crippen molar-refractivity contribution in [3.8, 4) is 0 Å². The maximum Gasteiger partial charge on any atom is 0.326 e. The molecule has 0 aliphatic rings. The highest BCUT2D eigenvalue weighted by molar-refractivity contribution is 7.99. The van der Waals surface area contributed by atoms with Crippen LogP contribution in [0.1, 0.15) is 12.0 Å². The van der Waals surface area contributed by atoms with Crippen molar-refractivity contribution < 1.29 is 19.4 Å². The number of hydrogen-bond acceptors (Lipinski definition) is 4. The van der Waals surface area contributed by atoms with Gasteiger partial charge in [0.05, 0.1) is 12.4 Å². The van der Waals surface area contributed by atoms with E-state index in [-0.39, 0.29) is 11.7 Å². The first-order valence-electron chi connectivity index (χ1n) is 6.76. The minimum Gasteiger partial charge on any atom is -0.480 e. The number of carboxylic acid groups (broad SMARTS) is 1. The molecule has 1 aromatic carbocycles. The number of ether oxygens (including phenoxy) is 1. The van der Waals surface area contributed by atoms with E-state index in [4.69, 9.17) is 9.84 Å². The van der Waals surface area contributed by atoms with Gasteiger partial charge >= 0.3 is 5.97 Å². The maximum absolute atomic E-state index is 11.7. The van der Waals surface area contributed by atoms with E-state index < -0.39 is 12.0 Å². The number of hydrogen-bond donors (Lipinski definition) is 2. The first-order valence-corrected chi connectivity index (χ1v) is 7.91. The van der Waals surface area contributed by atoms with Crippen LogP contribution >= 0.6 is 11.8 Å². The largest absolute Gasteiger partial charge is 0.480 e. The molecule has 0 heterocycles. The standard InChI is InChI=1S/C15H21NO4S/c1-20-9-10-21-11-14(17)16-13(15(18)19)8-7-12-5-3-2-4-6-12/h2-6,13H,7-11H2,1H3,(H,16,17)(H,18,19). The van der Waals surface area contributed by atoms with Gasteiger partial charge in [-0.05, 0) is 18.4 Å². The molecule has 0 spiro atoms. The molecule has 1 rings (SSSR count). The molecule has 0 aliphatic heterocycles. The van der Waals surface area contributed by atoms with E-state index in [2.05, 4.69) is 5.32 Å². The minimum absolute atomic E-state index is 0.248. The number of aliphatic carboxylic acids is 1. The van der Waals surface area contributed by atoms with Crippen LogP contribution in [0.3, 0.4) is 0 Å². The molecule has 0 aromatic heterocycles. The van der Waals surface area contributed by atoms with Gasteiger partial charge in [-0.25, -0.2) is 4.79 Å². The number of thioether (sulfide) groups is 1. The average Bonchev–Trinajstić information content (AvgIpc) is 2.48. The summed E-state index contributed by atoms with van der Waals surface area (Å²) in [5.41, 5.74) is 1.06. The van der Waals surface area contributed by atoms with Crippen LogP contribution in [0.2, 0.25) is 0 Å². The Bertz CT molecular complexity index is 439. The van der Waals surface area contributed by atoms with E-state index >= 15 is 0 Å². The van der Waals surface area contributed by atoms with Crippen LogP contribution < -0.4 is 5.32 Å². The molecule has 6 heteroatoms. The highest BCUT2D eigenvalue weighted by Gasteiger charge is 2.19. The lowest BCUT2D eigenvalue weighted by Gasteiger charge is -2.14. The van der Waals surface area contributed by atoms with Crippen molar-refractivity contribution in [2.75, 3.05) is 25.2 Å². The van der Waals surface area contributed by atoms with E-state index in [1.54, 1.807) is 7.11 Å². The van der Waals surface area contributed by atoms with Gasteiger partial charge in [0.2, 0.25) is 5.91 Å². The minimum atomic E-state index is -0.999. The summed E-state index contributed by atoms with van der Waals surface area (Å²) >= 11 is 1.42. The fourth-order valence-corrected chi connectivity index (χ4v) is 2.45. The Hall–Kier alpha value is -1.53. The van der Waals surface area contributed by atoms with Crippen LogP contribution in [0.15, 0.2) is 30.3 Å². The summed E-state index contributed by atoms with van der Waals surface area (Å²) in [5.74, 6) is -0.290. The zero-order valence-corrected chi connectivity index (χ0v) is 12.9. The first kappa shape index (κ1) is 17.5. The summed E-state index contributed by atoms with van der Waals surface area (Å²) in [6.45, 7) is 0.578. The predicted molar refractivity (Wildman–Crippen MR) is 83.5 cm³/mol. The van der Waals surface area contributed by atoms with Crippen LogP contribution in [-0.4, -0.2) is 48.2 Å². The topological polar surface area (TPSA) is 75.6 Å². The van der Waals surface area contributed by atoms with Crippen molar-refractivity contribution in [2.24, 2.45) is 0 Å². The molecule has 0 aliphatic carbocycles. The predicted octanol–water partition coefficient (Wildman–Crippen LogP) is 1.57. The number of benzene rings is 1. The summed E-state index contributed by atoms with van der Waals surface area (Å²) in [4.78, 5) is 22.9. The van der Waals surface area contributed by atoms with Crippen molar-refractivity contribution in [1.82, 2.24) is 5.32 Å². The second-order valence-corrected chi connectivity index (χ2v) is 5.63. The van der Waals surface area contributed by atoms with Gasteiger partial charge in [0.25, 0.3) is 0 Å². The quantitative estimate of drug-likeness (QED) is 0.642. The zero-order chi connectivity index (χ0) is 15.5. The van der Waals surface area contributed by atoms with Crippen LogP contribution in [0.5, 0.6) is 0 Å². The summed E-state index contributed by atoms with van der Waals surface area (Å²) in [6.07, 6.45) is 1.00. The second-order valence-electron chi connectivity index (χ2n) is 4.53. The van der Waals surface area contributed by atoms with Crippen molar-refractivity contribution in [2.45, 2.75) is 18.9 Å². The molecule has 0 saturated heterocycles. The Labute approximate surface area is 129 Å². The molecular weight excluding hydrogens is 290 g/mol. The molecule has 1 unspecified atom stereocenters. The highest BCUT2D eigenvalue weighted by atomic mass is 32.2. The average molecular weight is 311 g/mol. The smallest absolute Gasteiger partial charge is 0.326 e. The third kappa shape index (κ3) is 7.72. The number of rotatable bonds is 10. The molecule has 116 valence electrons. The molecule has 1 amide bonds. The van der Waals surface area contributed by atoms with Crippen LogP contribution in [-0.2, 0) is 20.7 Å². The number of carbonyl (C=O) groups is 2. The van der Waals surface area contributed by atoms with Gasteiger partial charge in [0, 0.05) is 12.9 Å². The number of nitrogens with one attached hydrogen (secondary N) is 1. The lowest BCUT2D eigenvalue weighted by Crippen LogP contribution is -2.42. The van der Waals surface area contributed by atoms with Crippen LogP contribution in [0.4, 0.5) is 0 Å². The molecule has 1 aromatic rings. The summed E-state index contributed by atoms with van der Waals surface area (Å²) in [6, 6.07) is 8.78. The number of methoxy groups -OCH3 is 1. The molecule has 5 nitrogen and oxygen atoms in total. The summed E-state index contributed by atoms with van der Waals surface area (Å²) in [7, 11) is 1.60. The molecule has 0 saturated carbocycles. The molecule has 21 heavy (non-hydrogen) atoms. The summed E-state index contributed by atoms with van der Waals surface area (Å²) < 4.78 is 4.88. The zero-order valence-electron chi connectivity index (χ0n) is 12.1. The van der Waals surface area contributed by atoms with Crippen molar-refractivity contribution in [3.05, 3.63) is 35.9 Å². The number of aryl methyl sites for hydroxylation is 1. The molecule has 0 radical (unpaired) electrons. The molecule has 1 atom stereocenters. The van der Waals surface area contributed by atoms with Crippen LogP contribution in [0.25, 0.3) is 0 Å². The van der Waals surface area contributed by atoms with Gasteiger partial charge in [-0.15, -0.1) is 11.8 Å². The third-order valence-corrected chi connectivity index (χ3v) is 3.78. The molecular formula is C15H21NO4S. The Morgan fingerprint density at radius 3 is 2.67 bits per heavy atom. The van der Waals surface area contributed by atoms with E-state index in [0.717, 1.165) is 5.56 Å². The van der Waals surface area contributed by atoms with E-state index in [1.807, 2.05) is 30.3 Å². The van der Waals surface area contributed by atoms with Crippen molar-refractivity contribution >= 4 is 23.6 Å². The number of carboxylic acids is 1. The lowest BCUT2D eigenvalue weighted by atomic mass is 10.1. The lowest BCUT2D eigenvalue weighted by molar-refractivity contribution is -0.141. The highest BCUT2D eigenvalue weighted by Crippen LogP contribution is 2.06. The van der Waals surface area contributed by atoms with Gasteiger partial charge in [-0.3, -0.25) is 4.79 Å².